The van der Waals surface area contributed by atoms with Crippen LogP contribution in [0.2, 0.25) is 0 Å². The summed E-state index contributed by atoms with van der Waals surface area (Å²) in [6.07, 6.45) is 5.53. The van der Waals surface area contributed by atoms with Gasteiger partial charge in [-0.25, -0.2) is 0 Å². The molecule has 0 saturated carbocycles. The van der Waals surface area contributed by atoms with Crippen molar-refractivity contribution >= 4 is 5.91 Å². The van der Waals surface area contributed by atoms with Gasteiger partial charge in [0, 0.05) is 12.2 Å². The number of hydrogen-bond acceptors (Lipinski definition) is 2. The summed E-state index contributed by atoms with van der Waals surface area (Å²) in [6.45, 7) is 0.734. The van der Waals surface area contributed by atoms with Gasteiger partial charge in [-0.1, -0.05) is 6.08 Å². The number of rotatable bonds is 1. The van der Waals surface area contributed by atoms with Crippen LogP contribution < -0.4 is 11.1 Å². The van der Waals surface area contributed by atoms with Gasteiger partial charge in [0.2, 0.25) is 5.91 Å². The largest absolute Gasteiger partial charge is 0.388 e. The van der Waals surface area contributed by atoms with Gasteiger partial charge >= 0.3 is 0 Å². The molecule has 2 aliphatic rings. The number of carbonyl (C=O) groups excluding carboxylic acids is 1. The lowest BCUT2D eigenvalue weighted by molar-refractivity contribution is -0.122. The molecule has 2 unspecified atom stereocenters. The maximum Gasteiger partial charge on any atom is 0.222 e. The smallest absolute Gasteiger partial charge is 0.222 e. The molecule has 12 heavy (non-hydrogen) atoms. The first-order chi connectivity index (χ1) is 5.77. The van der Waals surface area contributed by atoms with Gasteiger partial charge in [-0.05, 0) is 25.2 Å². The quantitative estimate of drug-likeness (QED) is 0.591. The minimum absolute atomic E-state index is 0.0465. The third-order valence-electron chi connectivity index (χ3n) is 2.84. The lowest BCUT2D eigenvalue weighted by atomic mass is 9.88. The topological polar surface area (TPSA) is 55.1 Å². The Morgan fingerprint density at radius 2 is 2.50 bits per heavy atom. The summed E-state index contributed by atoms with van der Waals surface area (Å²) in [5.74, 6) is 0.468. The fraction of sp³-hybridized carbons (Fsp3) is 0.667. The van der Waals surface area contributed by atoms with E-state index in [0.29, 0.717) is 5.92 Å². The number of carbonyl (C=O) groups is 1. The van der Waals surface area contributed by atoms with Gasteiger partial charge < -0.3 is 11.1 Å². The molecule has 2 atom stereocenters. The lowest BCUT2D eigenvalue weighted by Gasteiger charge is -2.28. The normalized spacial score (nSPS) is 33.5. The molecule has 0 aromatic heterocycles. The number of primary amides is 1. The Bertz CT molecular complexity index is 235. The van der Waals surface area contributed by atoms with E-state index in [-0.39, 0.29) is 11.8 Å². The molecule has 2 rings (SSSR count). The number of amides is 1. The summed E-state index contributed by atoms with van der Waals surface area (Å²) in [7, 11) is 0. The van der Waals surface area contributed by atoms with Crippen LogP contribution in [0.1, 0.15) is 19.3 Å². The van der Waals surface area contributed by atoms with E-state index in [1.54, 1.807) is 0 Å². The monoisotopic (exact) mass is 166 g/mol. The summed E-state index contributed by atoms with van der Waals surface area (Å²) < 4.78 is 0. The number of hydrogen-bond donors (Lipinski definition) is 2. The Morgan fingerprint density at radius 1 is 1.67 bits per heavy atom. The molecule has 3 nitrogen and oxygen atoms in total. The SMILES string of the molecule is NC(=O)C1CNC2=CCCC2C1. The molecule has 0 aromatic carbocycles. The van der Waals surface area contributed by atoms with E-state index in [1.165, 1.54) is 12.1 Å². The molecule has 1 heterocycles. The van der Waals surface area contributed by atoms with Crippen LogP contribution in [0.15, 0.2) is 11.8 Å². The molecule has 1 aliphatic heterocycles. The van der Waals surface area contributed by atoms with Crippen molar-refractivity contribution in [1.29, 1.82) is 0 Å². The van der Waals surface area contributed by atoms with E-state index >= 15 is 0 Å². The van der Waals surface area contributed by atoms with Gasteiger partial charge in [-0.15, -0.1) is 0 Å². The van der Waals surface area contributed by atoms with Gasteiger partial charge in [0.1, 0.15) is 0 Å². The zero-order valence-electron chi connectivity index (χ0n) is 7.05. The molecule has 0 radical (unpaired) electrons. The van der Waals surface area contributed by atoms with Crippen molar-refractivity contribution in [2.75, 3.05) is 6.54 Å². The first-order valence-corrected chi connectivity index (χ1v) is 4.50. The number of nitrogens with two attached hydrogens (primary N) is 1. The highest BCUT2D eigenvalue weighted by Gasteiger charge is 2.30. The zero-order valence-corrected chi connectivity index (χ0v) is 7.05. The second-order valence-electron chi connectivity index (χ2n) is 3.65. The standard InChI is InChI=1S/C9H14N2O/c10-9(12)7-4-6-2-1-3-8(6)11-5-7/h3,6-7,11H,1-2,4-5H2,(H2,10,12). The summed E-state index contributed by atoms with van der Waals surface area (Å²) in [5, 5.41) is 3.27. The minimum Gasteiger partial charge on any atom is -0.388 e. The zero-order chi connectivity index (χ0) is 8.55. The Hall–Kier alpha value is -0.990. The predicted molar refractivity (Wildman–Crippen MR) is 46.1 cm³/mol. The van der Waals surface area contributed by atoms with Crippen molar-refractivity contribution in [1.82, 2.24) is 5.32 Å². The molecule has 0 aromatic rings. The number of nitrogens with one attached hydrogen (secondary N) is 1. The van der Waals surface area contributed by atoms with Crippen LogP contribution in [-0.2, 0) is 4.79 Å². The lowest BCUT2D eigenvalue weighted by Crippen LogP contribution is -2.39. The average molecular weight is 166 g/mol. The van der Waals surface area contributed by atoms with E-state index in [9.17, 15) is 4.79 Å². The van der Waals surface area contributed by atoms with E-state index < -0.39 is 0 Å². The Balaban J connectivity index is 2.03. The Labute approximate surface area is 72.0 Å². The minimum atomic E-state index is -0.159. The second kappa shape index (κ2) is 2.81. The van der Waals surface area contributed by atoms with Crippen molar-refractivity contribution < 1.29 is 4.79 Å². The Morgan fingerprint density at radius 3 is 3.25 bits per heavy atom. The molecule has 1 saturated heterocycles. The number of fused-ring (bicyclic) bond motifs is 1. The van der Waals surface area contributed by atoms with Crippen molar-refractivity contribution in [3.63, 3.8) is 0 Å². The molecule has 1 aliphatic carbocycles. The maximum absolute atomic E-state index is 10.9. The van der Waals surface area contributed by atoms with Crippen LogP contribution in [0.5, 0.6) is 0 Å². The molecule has 3 heteroatoms. The van der Waals surface area contributed by atoms with E-state index in [0.717, 1.165) is 19.4 Å². The average Bonchev–Trinajstić information content (AvgIpc) is 2.49. The van der Waals surface area contributed by atoms with E-state index in [4.69, 9.17) is 5.73 Å². The first kappa shape index (κ1) is 7.65. The van der Waals surface area contributed by atoms with Crippen molar-refractivity contribution in [3.05, 3.63) is 11.8 Å². The van der Waals surface area contributed by atoms with Gasteiger partial charge in [0.15, 0.2) is 0 Å². The van der Waals surface area contributed by atoms with Crippen molar-refractivity contribution in [3.8, 4) is 0 Å². The summed E-state index contributed by atoms with van der Waals surface area (Å²) in [5.41, 5.74) is 6.59. The highest BCUT2D eigenvalue weighted by molar-refractivity contribution is 5.77. The van der Waals surface area contributed by atoms with Crippen molar-refractivity contribution in [2.45, 2.75) is 19.3 Å². The maximum atomic E-state index is 10.9. The fourth-order valence-corrected chi connectivity index (χ4v) is 2.11. The van der Waals surface area contributed by atoms with Gasteiger partial charge in [-0.2, -0.15) is 0 Å². The van der Waals surface area contributed by atoms with Crippen LogP contribution in [0, 0.1) is 11.8 Å². The molecule has 3 N–H and O–H groups in total. The van der Waals surface area contributed by atoms with Crippen LogP contribution in [-0.4, -0.2) is 12.5 Å². The third kappa shape index (κ3) is 1.19. The van der Waals surface area contributed by atoms with E-state index in [1.807, 2.05) is 0 Å². The van der Waals surface area contributed by atoms with Crippen LogP contribution in [0.3, 0.4) is 0 Å². The van der Waals surface area contributed by atoms with Crippen molar-refractivity contribution in [2.24, 2.45) is 17.6 Å². The number of allylic oxidation sites excluding steroid dienone is 2. The third-order valence-corrected chi connectivity index (χ3v) is 2.84. The first-order valence-electron chi connectivity index (χ1n) is 4.50. The molecule has 66 valence electrons. The summed E-state index contributed by atoms with van der Waals surface area (Å²) in [6, 6.07) is 0. The molecule has 0 bridgehead atoms. The highest BCUT2D eigenvalue weighted by Crippen LogP contribution is 2.32. The predicted octanol–water partition coefficient (Wildman–Crippen LogP) is 0.375. The van der Waals surface area contributed by atoms with Crippen LogP contribution in [0.25, 0.3) is 0 Å². The fourth-order valence-electron chi connectivity index (χ4n) is 2.11. The van der Waals surface area contributed by atoms with E-state index in [2.05, 4.69) is 11.4 Å². The van der Waals surface area contributed by atoms with Gasteiger partial charge in [0.25, 0.3) is 0 Å². The molecule has 1 fully saturated rings. The summed E-state index contributed by atoms with van der Waals surface area (Å²) in [4.78, 5) is 10.9. The van der Waals surface area contributed by atoms with Crippen LogP contribution in [0.4, 0.5) is 0 Å². The molecule has 0 spiro atoms. The van der Waals surface area contributed by atoms with Gasteiger partial charge in [-0.3, -0.25) is 4.79 Å². The summed E-state index contributed by atoms with van der Waals surface area (Å²) >= 11 is 0. The molecule has 1 amide bonds. The second-order valence-corrected chi connectivity index (χ2v) is 3.65. The molecular weight excluding hydrogens is 152 g/mol. The van der Waals surface area contributed by atoms with Gasteiger partial charge in [0.05, 0.1) is 5.92 Å². The molecular formula is C9H14N2O. The number of piperidine rings is 1. The highest BCUT2D eigenvalue weighted by atomic mass is 16.1. The van der Waals surface area contributed by atoms with Crippen LogP contribution >= 0.6 is 0 Å². The Kier molecular flexibility index (Phi) is 1.79.